The molecule has 1 saturated heterocycles. The normalized spacial score (nSPS) is 21.1. The molecule has 1 unspecified atom stereocenters. The highest BCUT2D eigenvalue weighted by molar-refractivity contribution is 5.79. The molecule has 124 valence electrons. The van der Waals surface area contributed by atoms with Crippen LogP contribution < -0.4 is 10.6 Å². The zero-order valence-corrected chi connectivity index (χ0v) is 14.8. The maximum atomic E-state index is 4.65. The number of hydrogen-bond donors (Lipinski definition) is 2. The Hall–Kier alpha value is -0.770. The Morgan fingerprint density at radius 2 is 1.95 bits per heavy atom. The third kappa shape index (κ3) is 8.30. The van der Waals surface area contributed by atoms with Crippen molar-refractivity contribution in [2.45, 2.75) is 47.5 Å². The zero-order valence-electron chi connectivity index (χ0n) is 14.8. The average Bonchev–Trinajstić information content (AvgIpc) is 2.41. The first-order valence-corrected chi connectivity index (χ1v) is 8.75. The van der Waals surface area contributed by atoms with E-state index in [0.29, 0.717) is 5.92 Å². The molecule has 0 amide bonds. The van der Waals surface area contributed by atoms with Gasteiger partial charge in [0.05, 0.1) is 0 Å². The monoisotopic (exact) mass is 296 g/mol. The summed E-state index contributed by atoms with van der Waals surface area (Å²) in [5.74, 6) is 3.10. The van der Waals surface area contributed by atoms with Crippen molar-refractivity contribution in [1.29, 1.82) is 0 Å². The first-order chi connectivity index (χ1) is 10.0. The minimum absolute atomic E-state index is 0.608. The summed E-state index contributed by atoms with van der Waals surface area (Å²) in [5.41, 5.74) is 0. The molecular formula is C17H36N4. The van der Waals surface area contributed by atoms with Crippen LogP contribution in [0.3, 0.4) is 0 Å². The molecule has 21 heavy (non-hydrogen) atoms. The molecule has 2 N–H and O–H groups in total. The zero-order chi connectivity index (χ0) is 15.7. The Bertz CT molecular complexity index is 299. The van der Waals surface area contributed by atoms with E-state index in [2.05, 4.69) is 55.1 Å². The number of nitrogens with one attached hydrogen (secondary N) is 2. The molecular weight excluding hydrogens is 260 g/mol. The standard InChI is InChI=1S/C17H36N4/c1-6-18-17(19-10-14(2)3)20-11-16-8-7-9-21(13-16)12-15(4)5/h14-16H,6-13H2,1-5H3,(H2,18,19,20). The van der Waals surface area contributed by atoms with Crippen molar-refractivity contribution in [2.75, 3.05) is 39.3 Å². The van der Waals surface area contributed by atoms with Gasteiger partial charge in [-0.25, -0.2) is 0 Å². The number of piperidine rings is 1. The van der Waals surface area contributed by atoms with E-state index in [9.17, 15) is 0 Å². The van der Waals surface area contributed by atoms with Crippen LogP contribution in [0.15, 0.2) is 4.99 Å². The van der Waals surface area contributed by atoms with Crippen LogP contribution in [0.2, 0.25) is 0 Å². The number of likely N-dealkylation sites (tertiary alicyclic amines) is 1. The molecule has 0 aliphatic carbocycles. The van der Waals surface area contributed by atoms with Gasteiger partial charge >= 0.3 is 0 Å². The van der Waals surface area contributed by atoms with Gasteiger partial charge in [-0.2, -0.15) is 0 Å². The molecule has 0 aromatic carbocycles. The second-order valence-corrected chi connectivity index (χ2v) is 7.16. The molecule has 1 aliphatic heterocycles. The summed E-state index contributed by atoms with van der Waals surface area (Å²) in [6.45, 7) is 17.7. The molecule has 1 rings (SSSR count). The molecule has 1 aliphatic rings. The molecule has 0 spiro atoms. The Kier molecular flexibility index (Phi) is 8.74. The molecule has 1 heterocycles. The second-order valence-electron chi connectivity index (χ2n) is 7.16. The molecule has 4 heteroatoms. The quantitative estimate of drug-likeness (QED) is 0.560. The van der Waals surface area contributed by atoms with Gasteiger partial charge in [-0.15, -0.1) is 0 Å². The lowest BCUT2D eigenvalue weighted by Gasteiger charge is -2.34. The second kappa shape index (κ2) is 10.0. The lowest BCUT2D eigenvalue weighted by molar-refractivity contribution is 0.159. The Morgan fingerprint density at radius 1 is 1.19 bits per heavy atom. The molecule has 1 atom stereocenters. The van der Waals surface area contributed by atoms with Gasteiger partial charge in [0, 0.05) is 32.7 Å². The molecule has 0 saturated carbocycles. The fraction of sp³-hybridized carbons (Fsp3) is 0.941. The maximum absolute atomic E-state index is 4.65. The Balaban J connectivity index is 2.38. The number of aliphatic imine (C=N–C) groups is 1. The van der Waals surface area contributed by atoms with Crippen LogP contribution in [0.1, 0.15) is 47.5 Å². The van der Waals surface area contributed by atoms with Crippen molar-refractivity contribution in [3.05, 3.63) is 0 Å². The van der Waals surface area contributed by atoms with Crippen LogP contribution in [0.5, 0.6) is 0 Å². The number of hydrogen-bond acceptors (Lipinski definition) is 2. The van der Waals surface area contributed by atoms with Gasteiger partial charge in [0.1, 0.15) is 0 Å². The predicted octanol–water partition coefficient (Wildman–Crippen LogP) is 2.57. The van der Waals surface area contributed by atoms with Crippen molar-refractivity contribution in [2.24, 2.45) is 22.7 Å². The van der Waals surface area contributed by atoms with Gasteiger partial charge in [-0.05, 0) is 44.1 Å². The summed E-state index contributed by atoms with van der Waals surface area (Å²) in [5, 5.41) is 6.88. The molecule has 0 aromatic rings. The van der Waals surface area contributed by atoms with Crippen LogP contribution in [0.25, 0.3) is 0 Å². The van der Waals surface area contributed by atoms with E-state index in [-0.39, 0.29) is 0 Å². The van der Waals surface area contributed by atoms with E-state index in [1.807, 2.05) is 0 Å². The van der Waals surface area contributed by atoms with Crippen molar-refractivity contribution in [1.82, 2.24) is 15.5 Å². The fourth-order valence-corrected chi connectivity index (χ4v) is 2.86. The summed E-state index contributed by atoms with van der Waals surface area (Å²) in [6, 6.07) is 0. The highest BCUT2D eigenvalue weighted by Crippen LogP contribution is 2.16. The van der Waals surface area contributed by atoms with Crippen LogP contribution in [-0.2, 0) is 0 Å². The Labute approximate surface area is 131 Å². The lowest BCUT2D eigenvalue weighted by atomic mass is 9.97. The van der Waals surface area contributed by atoms with Crippen LogP contribution >= 0.6 is 0 Å². The van der Waals surface area contributed by atoms with E-state index < -0.39 is 0 Å². The van der Waals surface area contributed by atoms with Crippen LogP contribution in [0, 0.1) is 17.8 Å². The highest BCUT2D eigenvalue weighted by Gasteiger charge is 2.20. The van der Waals surface area contributed by atoms with E-state index in [1.165, 1.54) is 32.5 Å². The minimum atomic E-state index is 0.608. The molecule has 1 fully saturated rings. The summed E-state index contributed by atoms with van der Waals surface area (Å²) >= 11 is 0. The summed E-state index contributed by atoms with van der Waals surface area (Å²) in [6.07, 6.45) is 2.67. The van der Waals surface area contributed by atoms with E-state index in [1.54, 1.807) is 0 Å². The molecule has 0 aromatic heterocycles. The van der Waals surface area contributed by atoms with Crippen LogP contribution in [-0.4, -0.2) is 50.1 Å². The van der Waals surface area contributed by atoms with E-state index >= 15 is 0 Å². The topological polar surface area (TPSA) is 39.7 Å². The van der Waals surface area contributed by atoms with Gasteiger partial charge in [0.2, 0.25) is 0 Å². The molecule has 0 radical (unpaired) electrons. The van der Waals surface area contributed by atoms with Gasteiger partial charge in [-0.3, -0.25) is 4.99 Å². The summed E-state index contributed by atoms with van der Waals surface area (Å²) < 4.78 is 0. The van der Waals surface area contributed by atoms with Gasteiger partial charge in [0.25, 0.3) is 0 Å². The fourth-order valence-electron chi connectivity index (χ4n) is 2.86. The number of guanidine groups is 1. The van der Waals surface area contributed by atoms with Gasteiger partial charge in [-0.1, -0.05) is 27.7 Å². The molecule has 4 nitrogen and oxygen atoms in total. The largest absolute Gasteiger partial charge is 0.357 e. The molecule has 0 bridgehead atoms. The predicted molar refractivity (Wildman–Crippen MR) is 92.8 cm³/mol. The summed E-state index contributed by atoms with van der Waals surface area (Å²) in [4.78, 5) is 7.27. The Morgan fingerprint density at radius 3 is 2.57 bits per heavy atom. The lowest BCUT2D eigenvalue weighted by Crippen LogP contribution is -2.45. The third-order valence-corrected chi connectivity index (χ3v) is 3.74. The third-order valence-electron chi connectivity index (χ3n) is 3.74. The van der Waals surface area contributed by atoms with Crippen molar-refractivity contribution < 1.29 is 0 Å². The van der Waals surface area contributed by atoms with Crippen molar-refractivity contribution in [3.63, 3.8) is 0 Å². The number of rotatable bonds is 7. The summed E-state index contributed by atoms with van der Waals surface area (Å²) in [7, 11) is 0. The maximum Gasteiger partial charge on any atom is 0.191 e. The van der Waals surface area contributed by atoms with Gasteiger partial charge in [0.15, 0.2) is 5.96 Å². The first-order valence-electron chi connectivity index (χ1n) is 8.75. The van der Waals surface area contributed by atoms with E-state index in [0.717, 1.165) is 37.4 Å². The smallest absolute Gasteiger partial charge is 0.191 e. The average molecular weight is 297 g/mol. The van der Waals surface area contributed by atoms with E-state index in [4.69, 9.17) is 0 Å². The van der Waals surface area contributed by atoms with Crippen LogP contribution in [0.4, 0.5) is 0 Å². The number of nitrogens with zero attached hydrogens (tertiary/aromatic N) is 2. The minimum Gasteiger partial charge on any atom is -0.357 e. The van der Waals surface area contributed by atoms with Gasteiger partial charge < -0.3 is 15.5 Å². The first kappa shape index (κ1) is 18.3. The van der Waals surface area contributed by atoms with Crippen molar-refractivity contribution in [3.8, 4) is 0 Å². The highest BCUT2D eigenvalue weighted by atomic mass is 15.2. The van der Waals surface area contributed by atoms with Crippen molar-refractivity contribution >= 4 is 5.96 Å². The SMILES string of the molecule is CCNC(=NCC(C)C)NCC1CCCN(CC(C)C)C1.